The molecule has 1 aromatic heterocycles. The van der Waals surface area contributed by atoms with E-state index in [1.165, 1.54) is 0 Å². The normalized spacial score (nSPS) is 10.5. The second kappa shape index (κ2) is 6.87. The summed E-state index contributed by atoms with van der Waals surface area (Å²) in [6.07, 6.45) is 3.31. The SMILES string of the molecule is Cc1cccc(OCC(=O)NCc2ccc3nccnc3c2)c1. The Kier molecular flexibility index (Phi) is 4.47. The van der Waals surface area contributed by atoms with Gasteiger partial charge in [0, 0.05) is 18.9 Å². The van der Waals surface area contributed by atoms with Gasteiger partial charge in [-0.25, -0.2) is 0 Å². The minimum absolute atomic E-state index is 0.00313. The average Bonchev–Trinajstić information content (AvgIpc) is 2.58. The van der Waals surface area contributed by atoms with E-state index in [-0.39, 0.29) is 12.5 Å². The zero-order valence-electron chi connectivity index (χ0n) is 12.8. The standard InChI is InChI=1S/C18H17N3O2/c1-13-3-2-4-15(9-13)23-12-18(22)21-11-14-5-6-16-17(10-14)20-8-7-19-16/h2-10H,11-12H2,1H3,(H,21,22). The lowest BCUT2D eigenvalue weighted by molar-refractivity contribution is -0.123. The van der Waals surface area contributed by atoms with Crippen LogP contribution >= 0.6 is 0 Å². The summed E-state index contributed by atoms with van der Waals surface area (Å²) in [4.78, 5) is 20.3. The highest BCUT2D eigenvalue weighted by Crippen LogP contribution is 2.12. The second-order valence-corrected chi connectivity index (χ2v) is 5.26. The molecule has 0 aliphatic heterocycles. The number of rotatable bonds is 5. The van der Waals surface area contributed by atoms with E-state index in [0.29, 0.717) is 12.3 Å². The Balaban J connectivity index is 1.53. The van der Waals surface area contributed by atoms with Gasteiger partial charge in [-0.1, -0.05) is 18.2 Å². The van der Waals surface area contributed by atoms with Crippen LogP contribution in [0.2, 0.25) is 0 Å². The van der Waals surface area contributed by atoms with E-state index in [4.69, 9.17) is 4.74 Å². The van der Waals surface area contributed by atoms with Crippen molar-refractivity contribution in [2.45, 2.75) is 13.5 Å². The Morgan fingerprint density at radius 2 is 1.91 bits per heavy atom. The third-order valence-corrected chi connectivity index (χ3v) is 3.38. The van der Waals surface area contributed by atoms with Crippen molar-refractivity contribution in [3.05, 3.63) is 66.0 Å². The van der Waals surface area contributed by atoms with Crippen LogP contribution < -0.4 is 10.1 Å². The first kappa shape index (κ1) is 15.0. The smallest absolute Gasteiger partial charge is 0.258 e. The average molecular weight is 307 g/mol. The van der Waals surface area contributed by atoms with Crippen LogP contribution in [0.5, 0.6) is 5.75 Å². The van der Waals surface area contributed by atoms with Gasteiger partial charge in [0.1, 0.15) is 5.75 Å². The summed E-state index contributed by atoms with van der Waals surface area (Å²) >= 11 is 0. The number of benzene rings is 2. The maximum absolute atomic E-state index is 11.9. The van der Waals surface area contributed by atoms with Crippen molar-refractivity contribution in [3.63, 3.8) is 0 Å². The fraction of sp³-hybridized carbons (Fsp3) is 0.167. The summed E-state index contributed by atoms with van der Waals surface area (Å²) in [5.41, 5.74) is 3.72. The quantitative estimate of drug-likeness (QED) is 0.787. The molecule has 5 heteroatoms. The summed E-state index contributed by atoms with van der Waals surface area (Å²) < 4.78 is 5.47. The topological polar surface area (TPSA) is 64.1 Å². The third kappa shape index (κ3) is 4.03. The van der Waals surface area contributed by atoms with Crippen LogP contribution in [0.1, 0.15) is 11.1 Å². The molecular formula is C18H17N3O2. The molecule has 0 saturated heterocycles. The fourth-order valence-corrected chi connectivity index (χ4v) is 2.22. The predicted octanol–water partition coefficient (Wildman–Crippen LogP) is 2.63. The molecule has 0 fully saturated rings. The van der Waals surface area contributed by atoms with E-state index in [0.717, 1.165) is 22.2 Å². The number of nitrogens with one attached hydrogen (secondary N) is 1. The van der Waals surface area contributed by atoms with Crippen LogP contribution in [0.4, 0.5) is 0 Å². The molecule has 0 radical (unpaired) electrons. The number of carbonyl (C=O) groups is 1. The van der Waals surface area contributed by atoms with Gasteiger partial charge in [-0.05, 0) is 42.3 Å². The van der Waals surface area contributed by atoms with Gasteiger partial charge in [-0.3, -0.25) is 14.8 Å². The van der Waals surface area contributed by atoms with E-state index >= 15 is 0 Å². The van der Waals surface area contributed by atoms with Gasteiger partial charge in [0.2, 0.25) is 0 Å². The number of hydrogen-bond acceptors (Lipinski definition) is 4. The van der Waals surface area contributed by atoms with Gasteiger partial charge < -0.3 is 10.1 Å². The number of aryl methyl sites for hydroxylation is 1. The Morgan fingerprint density at radius 3 is 2.74 bits per heavy atom. The first-order chi connectivity index (χ1) is 11.2. The maximum Gasteiger partial charge on any atom is 0.258 e. The van der Waals surface area contributed by atoms with E-state index in [1.807, 2.05) is 49.4 Å². The summed E-state index contributed by atoms with van der Waals surface area (Å²) in [6.45, 7) is 2.41. The maximum atomic E-state index is 11.9. The first-order valence-electron chi connectivity index (χ1n) is 7.36. The van der Waals surface area contributed by atoms with Crippen LogP contribution in [-0.4, -0.2) is 22.5 Å². The number of fused-ring (bicyclic) bond motifs is 1. The van der Waals surface area contributed by atoms with Crippen molar-refractivity contribution in [2.24, 2.45) is 0 Å². The molecule has 3 aromatic rings. The predicted molar refractivity (Wildman–Crippen MR) is 88.1 cm³/mol. The van der Waals surface area contributed by atoms with Gasteiger partial charge in [-0.2, -0.15) is 0 Å². The van der Waals surface area contributed by atoms with Crippen LogP contribution in [0.25, 0.3) is 11.0 Å². The Bertz CT molecular complexity index is 833. The summed E-state index contributed by atoms with van der Waals surface area (Å²) in [5.74, 6) is 0.534. The van der Waals surface area contributed by atoms with Crippen molar-refractivity contribution < 1.29 is 9.53 Å². The van der Waals surface area contributed by atoms with E-state index < -0.39 is 0 Å². The van der Waals surface area contributed by atoms with Gasteiger partial charge >= 0.3 is 0 Å². The fourth-order valence-electron chi connectivity index (χ4n) is 2.22. The number of aromatic nitrogens is 2. The first-order valence-corrected chi connectivity index (χ1v) is 7.36. The lowest BCUT2D eigenvalue weighted by atomic mass is 10.2. The zero-order valence-corrected chi connectivity index (χ0v) is 12.8. The lowest BCUT2D eigenvalue weighted by Crippen LogP contribution is -2.28. The van der Waals surface area contributed by atoms with Gasteiger partial charge in [-0.15, -0.1) is 0 Å². The van der Waals surface area contributed by atoms with Gasteiger partial charge in [0.25, 0.3) is 5.91 Å². The molecule has 5 nitrogen and oxygen atoms in total. The van der Waals surface area contributed by atoms with Gasteiger partial charge in [0.15, 0.2) is 6.61 Å². The summed E-state index contributed by atoms with van der Waals surface area (Å²) in [7, 11) is 0. The molecule has 0 saturated carbocycles. The molecule has 2 aromatic carbocycles. The number of amides is 1. The van der Waals surface area contributed by atoms with Crippen molar-refractivity contribution >= 4 is 16.9 Å². The summed E-state index contributed by atoms with van der Waals surface area (Å²) in [6, 6.07) is 13.4. The van der Waals surface area contributed by atoms with Crippen LogP contribution in [0, 0.1) is 6.92 Å². The second-order valence-electron chi connectivity index (χ2n) is 5.26. The van der Waals surface area contributed by atoms with Crippen LogP contribution in [0.15, 0.2) is 54.9 Å². The molecular weight excluding hydrogens is 290 g/mol. The molecule has 0 atom stereocenters. The number of nitrogens with zero attached hydrogens (tertiary/aromatic N) is 2. The molecule has 1 N–H and O–H groups in total. The molecule has 1 heterocycles. The number of carbonyl (C=O) groups excluding carboxylic acids is 1. The molecule has 23 heavy (non-hydrogen) atoms. The van der Waals surface area contributed by atoms with Crippen molar-refractivity contribution in [3.8, 4) is 5.75 Å². The molecule has 116 valence electrons. The monoisotopic (exact) mass is 307 g/mol. The number of ether oxygens (including phenoxy) is 1. The molecule has 3 rings (SSSR count). The van der Waals surface area contributed by atoms with Crippen molar-refractivity contribution in [1.29, 1.82) is 0 Å². The molecule has 0 aliphatic carbocycles. The molecule has 0 spiro atoms. The van der Waals surface area contributed by atoms with Crippen LogP contribution in [0.3, 0.4) is 0 Å². The zero-order chi connectivity index (χ0) is 16.1. The van der Waals surface area contributed by atoms with Crippen LogP contribution in [-0.2, 0) is 11.3 Å². The van der Waals surface area contributed by atoms with Gasteiger partial charge in [0.05, 0.1) is 11.0 Å². The Morgan fingerprint density at radius 1 is 1.09 bits per heavy atom. The minimum atomic E-state index is -0.161. The number of hydrogen-bond donors (Lipinski definition) is 1. The molecule has 0 aliphatic rings. The molecule has 1 amide bonds. The largest absolute Gasteiger partial charge is 0.484 e. The van der Waals surface area contributed by atoms with Crippen molar-refractivity contribution in [1.82, 2.24) is 15.3 Å². The van der Waals surface area contributed by atoms with E-state index in [9.17, 15) is 4.79 Å². The van der Waals surface area contributed by atoms with E-state index in [2.05, 4.69) is 15.3 Å². The van der Waals surface area contributed by atoms with Crippen molar-refractivity contribution in [2.75, 3.05) is 6.61 Å². The molecule has 0 unspecified atom stereocenters. The third-order valence-electron chi connectivity index (χ3n) is 3.38. The molecule has 0 bridgehead atoms. The highest BCUT2D eigenvalue weighted by molar-refractivity contribution is 5.78. The summed E-state index contributed by atoms with van der Waals surface area (Å²) in [5, 5.41) is 2.84. The lowest BCUT2D eigenvalue weighted by Gasteiger charge is -2.08. The highest BCUT2D eigenvalue weighted by atomic mass is 16.5. The highest BCUT2D eigenvalue weighted by Gasteiger charge is 2.04. The van der Waals surface area contributed by atoms with E-state index in [1.54, 1.807) is 12.4 Å². The minimum Gasteiger partial charge on any atom is -0.484 e. The Labute approximate surface area is 134 Å². The Hall–Kier alpha value is -2.95.